The Morgan fingerprint density at radius 1 is 1.42 bits per heavy atom. The van der Waals surface area contributed by atoms with Gasteiger partial charge in [-0.15, -0.1) is 0 Å². The van der Waals surface area contributed by atoms with Crippen LogP contribution in [0.3, 0.4) is 0 Å². The molecule has 0 atom stereocenters. The predicted molar refractivity (Wildman–Crippen MR) is 73.7 cm³/mol. The summed E-state index contributed by atoms with van der Waals surface area (Å²) >= 11 is 0. The van der Waals surface area contributed by atoms with Gasteiger partial charge in [0.2, 0.25) is 0 Å². The smallest absolute Gasteiger partial charge is 0.151 e. The van der Waals surface area contributed by atoms with E-state index in [4.69, 9.17) is 10.00 Å². The molecule has 1 aromatic carbocycles. The summed E-state index contributed by atoms with van der Waals surface area (Å²) in [4.78, 5) is 0. The quantitative estimate of drug-likeness (QED) is 0.757. The molecule has 0 aliphatic heterocycles. The van der Waals surface area contributed by atoms with E-state index in [9.17, 15) is 8.42 Å². The molecular formula is C13H18N2O3S. The van der Waals surface area contributed by atoms with Crippen molar-refractivity contribution in [2.24, 2.45) is 0 Å². The van der Waals surface area contributed by atoms with Gasteiger partial charge in [0.1, 0.15) is 11.8 Å². The summed E-state index contributed by atoms with van der Waals surface area (Å²) in [6.45, 7) is 2.60. The van der Waals surface area contributed by atoms with Gasteiger partial charge in [-0.3, -0.25) is 0 Å². The summed E-state index contributed by atoms with van der Waals surface area (Å²) in [6.07, 6.45) is 0. The van der Waals surface area contributed by atoms with Gasteiger partial charge in [0.15, 0.2) is 9.84 Å². The van der Waals surface area contributed by atoms with Crippen LogP contribution in [0, 0.1) is 11.3 Å². The SMILES string of the molecule is CCS(=O)(=O)CCNCc1ccc(C#N)c(OC)c1. The number of ether oxygens (including phenoxy) is 1. The van der Waals surface area contributed by atoms with E-state index in [1.165, 1.54) is 7.11 Å². The number of hydrogen-bond donors (Lipinski definition) is 1. The van der Waals surface area contributed by atoms with Crippen LogP contribution in [-0.2, 0) is 16.4 Å². The maximum Gasteiger partial charge on any atom is 0.151 e. The minimum atomic E-state index is -2.93. The first-order chi connectivity index (χ1) is 9.02. The van der Waals surface area contributed by atoms with Gasteiger partial charge in [-0.25, -0.2) is 8.42 Å². The van der Waals surface area contributed by atoms with Crippen molar-refractivity contribution in [1.82, 2.24) is 5.32 Å². The van der Waals surface area contributed by atoms with Gasteiger partial charge in [-0.05, 0) is 17.7 Å². The molecular weight excluding hydrogens is 264 g/mol. The minimum absolute atomic E-state index is 0.136. The lowest BCUT2D eigenvalue weighted by molar-refractivity contribution is 0.412. The molecule has 0 radical (unpaired) electrons. The molecule has 1 aromatic rings. The largest absolute Gasteiger partial charge is 0.495 e. The molecule has 19 heavy (non-hydrogen) atoms. The lowest BCUT2D eigenvalue weighted by atomic mass is 10.1. The van der Waals surface area contributed by atoms with E-state index >= 15 is 0 Å². The highest BCUT2D eigenvalue weighted by Crippen LogP contribution is 2.18. The zero-order valence-corrected chi connectivity index (χ0v) is 12.0. The zero-order chi connectivity index (χ0) is 14.3. The zero-order valence-electron chi connectivity index (χ0n) is 11.1. The molecule has 0 aromatic heterocycles. The van der Waals surface area contributed by atoms with Crippen molar-refractivity contribution in [2.75, 3.05) is 25.2 Å². The molecule has 0 heterocycles. The summed E-state index contributed by atoms with van der Waals surface area (Å²) in [6, 6.07) is 7.34. The summed E-state index contributed by atoms with van der Waals surface area (Å²) in [5, 5.41) is 11.9. The Labute approximate surface area is 114 Å². The Morgan fingerprint density at radius 2 is 2.16 bits per heavy atom. The number of hydrogen-bond acceptors (Lipinski definition) is 5. The van der Waals surface area contributed by atoms with Crippen LogP contribution >= 0.6 is 0 Å². The molecule has 0 unspecified atom stereocenters. The second kappa shape index (κ2) is 7.12. The van der Waals surface area contributed by atoms with Crippen LogP contribution in [-0.4, -0.2) is 33.6 Å². The minimum Gasteiger partial charge on any atom is -0.495 e. The summed E-state index contributed by atoms with van der Waals surface area (Å²) in [5.74, 6) is 0.832. The van der Waals surface area contributed by atoms with E-state index in [-0.39, 0.29) is 11.5 Å². The highest BCUT2D eigenvalue weighted by molar-refractivity contribution is 7.91. The Hall–Kier alpha value is -1.58. The maximum atomic E-state index is 11.3. The molecule has 6 heteroatoms. The monoisotopic (exact) mass is 282 g/mol. The van der Waals surface area contributed by atoms with E-state index in [0.29, 0.717) is 24.4 Å². The van der Waals surface area contributed by atoms with Crippen LogP contribution in [0.25, 0.3) is 0 Å². The van der Waals surface area contributed by atoms with Crippen molar-refractivity contribution in [2.45, 2.75) is 13.5 Å². The summed E-state index contributed by atoms with van der Waals surface area (Å²) in [7, 11) is -1.41. The number of rotatable bonds is 7. The Kier molecular flexibility index (Phi) is 5.80. The highest BCUT2D eigenvalue weighted by atomic mass is 32.2. The highest BCUT2D eigenvalue weighted by Gasteiger charge is 2.07. The molecule has 0 aliphatic carbocycles. The standard InChI is InChI=1S/C13H18N2O3S/c1-3-19(16,17)7-6-15-10-11-4-5-12(9-14)13(8-11)18-2/h4-5,8,15H,3,6-7,10H2,1-2H3. The van der Waals surface area contributed by atoms with Crippen molar-refractivity contribution >= 4 is 9.84 Å². The Bertz CT molecular complexity index is 562. The van der Waals surface area contributed by atoms with Crippen LogP contribution in [0.15, 0.2) is 18.2 Å². The number of nitrogens with zero attached hydrogens (tertiary/aromatic N) is 1. The fourth-order valence-corrected chi connectivity index (χ4v) is 2.29. The predicted octanol–water partition coefficient (Wildman–Crippen LogP) is 1.09. The van der Waals surface area contributed by atoms with Gasteiger partial charge in [-0.1, -0.05) is 13.0 Å². The van der Waals surface area contributed by atoms with Crippen molar-refractivity contribution in [3.8, 4) is 11.8 Å². The first kappa shape index (κ1) is 15.5. The van der Waals surface area contributed by atoms with Crippen LogP contribution in [0.1, 0.15) is 18.1 Å². The number of nitrogens with one attached hydrogen (secondary N) is 1. The van der Waals surface area contributed by atoms with Crippen LogP contribution in [0.4, 0.5) is 0 Å². The lowest BCUT2D eigenvalue weighted by Gasteiger charge is -2.08. The molecule has 1 N–H and O–H groups in total. The van der Waals surface area contributed by atoms with Crippen molar-refractivity contribution < 1.29 is 13.2 Å². The van der Waals surface area contributed by atoms with E-state index < -0.39 is 9.84 Å². The molecule has 0 amide bonds. The Balaban J connectivity index is 2.53. The number of benzene rings is 1. The number of nitriles is 1. The summed E-state index contributed by atoms with van der Waals surface area (Å²) in [5.41, 5.74) is 1.43. The fraction of sp³-hybridized carbons (Fsp3) is 0.462. The topological polar surface area (TPSA) is 79.2 Å². The second-order valence-electron chi connectivity index (χ2n) is 4.06. The van der Waals surface area contributed by atoms with Crippen LogP contribution in [0.5, 0.6) is 5.75 Å². The average molecular weight is 282 g/mol. The molecule has 5 nitrogen and oxygen atoms in total. The van der Waals surface area contributed by atoms with Gasteiger partial charge < -0.3 is 10.1 Å². The maximum absolute atomic E-state index is 11.3. The third kappa shape index (κ3) is 4.89. The van der Waals surface area contributed by atoms with Crippen molar-refractivity contribution in [3.63, 3.8) is 0 Å². The van der Waals surface area contributed by atoms with Gasteiger partial charge in [0.25, 0.3) is 0 Å². The van der Waals surface area contributed by atoms with Crippen LogP contribution < -0.4 is 10.1 Å². The molecule has 0 aliphatic rings. The van der Waals surface area contributed by atoms with Crippen molar-refractivity contribution in [3.05, 3.63) is 29.3 Å². The van der Waals surface area contributed by atoms with Gasteiger partial charge in [0.05, 0.1) is 18.4 Å². The number of methoxy groups -OCH3 is 1. The van der Waals surface area contributed by atoms with E-state index in [1.807, 2.05) is 12.1 Å². The first-order valence-electron chi connectivity index (χ1n) is 6.00. The van der Waals surface area contributed by atoms with Gasteiger partial charge in [0, 0.05) is 18.8 Å². The normalized spacial score (nSPS) is 11.0. The number of sulfone groups is 1. The average Bonchev–Trinajstić information content (AvgIpc) is 2.43. The molecule has 0 saturated heterocycles. The fourth-order valence-electron chi connectivity index (χ4n) is 1.54. The molecule has 104 valence electrons. The first-order valence-corrected chi connectivity index (χ1v) is 7.82. The third-order valence-electron chi connectivity index (χ3n) is 2.75. The Morgan fingerprint density at radius 3 is 2.74 bits per heavy atom. The molecule has 0 saturated carbocycles. The molecule has 0 fully saturated rings. The summed E-state index contributed by atoms with van der Waals surface area (Å²) < 4.78 is 27.7. The van der Waals surface area contributed by atoms with Crippen LogP contribution in [0.2, 0.25) is 0 Å². The molecule has 0 spiro atoms. The second-order valence-corrected chi connectivity index (χ2v) is 6.53. The van der Waals surface area contributed by atoms with E-state index in [1.54, 1.807) is 19.1 Å². The van der Waals surface area contributed by atoms with Gasteiger partial charge in [-0.2, -0.15) is 5.26 Å². The van der Waals surface area contributed by atoms with Gasteiger partial charge >= 0.3 is 0 Å². The molecule has 1 rings (SSSR count). The lowest BCUT2D eigenvalue weighted by Crippen LogP contribution is -2.23. The van der Waals surface area contributed by atoms with E-state index in [2.05, 4.69) is 5.32 Å². The molecule has 0 bridgehead atoms. The van der Waals surface area contributed by atoms with Crippen molar-refractivity contribution in [1.29, 1.82) is 5.26 Å². The van der Waals surface area contributed by atoms with E-state index in [0.717, 1.165) is 5.56 Å². The third-order valence-corrected chi connectivity index (χ3v) is 4.45.